The molecule has 2 aromatic heterocycles. The van der Waals surface area contributed by atoms with Crippen molar-refractivity contribution in [2.24, 2.45) is 0 Å². The Morgan fingerprint density at radius 1 is 0.897 bits per heavy atom. The number of carbonyl (C=O) groups is 2. The largest absolute Gasteiger partial charge is 0.322 e. The van der Waals surface area contributed by atoms with Gasteiger partial charge in [-0.15, -0.1) is 11.3 Å². The smallest absolute Gasteiger partial charge is 0.266 e. The molecule has 0 saturated heterocycles. The maximum absolute atomic E-state index is 12.9. The lowest BCUT2D eigenvalue weighted by Crippen LogP contribution is -2.19. The SMILES string of the molecule is O=C(Nc1c(C(=O)Nc2ccc(Cl)cc2)cnn1-c1ccccc1)c1cccs1. The van der Waals surface area contributed by atoms with Gasteiger partial charge in [0, 0.05) is 10.7 Å². The minimum absolute atomic E-state index is 0.244. The van der Waals surface area contributed by atoms with Gasteiger partial charge in [0.05, 0.1) is 16.8 Å². The fourth-order valence-corrected chi connectivity index (χ4v) is 3.45. The summed E-state index contributed by atoms with van der Waals surface area (Å²) in [5, 5.41) is 12.3. The first-order valence-corrected chi connectivity index (χ1v) is 9.93. The van der Waals surface area contributed by atoms with E-state index in [0.717, 1.165) is 5.69 Å². The Labute approximate surface area is 175 Å². The van der Waals surface area contributed by atoms with Crippen molar-refractivity contribution in [3.05, 3.63) is 93.8 Å². The second-order valence-electron chi connectivity index (χ2n) is 6.05. The van der Waals surface area contributed by atoms with Gasteiger partial charge in [0.15, 0.2) is 0 Å². The van der Waals surface area contributed by atoms with E-state index in [9.17, 15) is 9.59 Å². The standard InChI is InChI=1S/C21H15ClN4O2S/c22-14-8-10-15(11-9-14)24-20(27)17-13-23-26(16-5-2-1-3-6-16)19(17)25-21(28)18-7-4-12-29-18/h1-13H,(H,24,27)(H,25,28). The molecule has 0 radical (unpaired) electrons. The van der Waals surface area contributed by atoms with Crippen LogP contribution in [0.5, 0.6) is 0 Å². The van der Waals surface area contributed by atoms with E-state index in [0.29, 0.717) is 21.4 Å². The highest BCUT2D eigenvalue weighted by atomic mass is 35.5. The Kier molecular flexibility index (Phi) is 5.41. The molecule has 0 saturated carbocycles. The summed E-state index contributed by atoms with van der Waals surface area (Å²) in [5.74, 6) is -0.407. The number of nitrogens with zero attached hydrogens (tertiary/aromatic N) is 2. The molecule has 8 heteroatoms. The van der Waals surface area contributed by atoms with E-state index >= 15 is 0 Å². The molecule has 0 bridgehead atoms. The molecular weight excluding hydrogens is 408 g/mol. The molecule has 0 aliphatic carbocycles. The van der Waals surface area contributed by atoms with Crippen LogP contribution in [-0.4, -0.2) is 21.6 Å². The number of nitrogens with one attached hydrogen (secondary N) is 2. The summed E-state index contributed by atoms with van der Waals surface area (Å²) >= 11 is 7.21. The van der Waals surface area contributed by atoms with Crippen molar-refractivity contribution in [2.75, 3.05) is 10.6 Å². The lowest BCUT2D eigenvalue weighted by molar-refractivity contribution is 0.102. The minimum Gasteiger partial charge on any atom is -0.322 e. The summed E-state index contributed by atoms with van der Waals surface area (Å²) in [6, 6.07) is 19.6. The van der Waals surface area contributed by atoms with E-state index in [1.165, 1.54) is 22.2 Å². The Morgan fingerprint density at radius 2 is 1.66 bits per heavy atom. The van der Waals surface area contributed by atoms with E-state index in [-0.39, 0.29) is 11.5 Å². The fraction of sp³-hybridized carbons (Fsp3) is 0. The van der Waals surface area contributed by atoms with E-state index in [2.05, 4.69) is 15.7 Å². The first-order chi connectivity index (χ1) is 14.1. The highest BCUT2D eigenvalue weighted by Gasteiger charge is 2.21. The number of hydrogen-bond acceptors (Lipinski definition) is 4. The van der Waals surface area contributed by atoms with Crippen LogP contribution in [0.15, 0.2) is 78.3 Å². The second-order valence-corrected chi connectivity index (χ2v) is 7.43. The number of halogens is 1. The molecule has 2 heterocycles. The second kappa shape index (κ2) is 8.30. The van der Waals surface area contributed by atoms with Gasteiger partial charge in [0.1, 0.15) is 11.4 Å². The van der Waals surface area contributed by atoms with Gasteiger partial charge in [0.25, 0.3) is 11.8 Å². The predicted octanol–water partition coefficient (Wildman–Crippen LogP) is 5.09. The number of hydrogen-bond donors (Lipinski definition) is 2. The molecular formula is C21H15ClN4O2S. The Hall–Kier alpha value is -3.42. The average molecular weight is 423 g/mol. The van der Waals surface area contributed by atoms with Gasteiger partial charge >= 0.3 is 0 Å². The number of amides is 2. The van der Waals surface area contributed by atoms with E-state index < -0.39 is 5.91 Å². The van der Waals surface area contributed by atoms with Crippen molar-refractivity contribution in [3.63, 3.8) is 0 Å². The highest BCUT2D eigenvalue weighted by Crippen LogP contribution is 2.23. The molecule has 4 rings (SSSR count). The van der Waals surface area contributed by atoms with Crippen molar-refractivity contribution in [2.45, 2.75) is 0 Å². The van der Waals surface area contributed by atoms with Gasteiger partial charge in [-0.05, 0) is 47.8 Å². The third-order valence-electron chi connectivity index (χ3n) is 4.09. The molecule has 0 fully saturated rings. The molecule has 0 unspecified atom stereocenters. The van der Waals surface area contributed by atoms with Crippen molar-refractivity contribution >= 4 is 46.3 Å². The summed E-state index contributed by atoms with van der Waals surface area (Å²) in [5.41, 5.74) is 1.55. The van der Waals surface area contributed by atoms with Crippen LogP contribution in [0.4, 0.5) is 11.5 Å². The number of para-hydroxylation sites is 1. The molecule has 0 aliphatic rings. The van der Waals surface area contributed by atoms with Gasteiger partial charge < -0.3 is 10.6 Å². The Bertz CT molecular complexity index is 1140. The average Bonchev–Trinajstić information content (AvgIpc) is 3.41. The fourth-order valence-electron chi connectivity index (χ4n) is 2.71. The van der Waals surface area contributed by atoms with Crippen LogP contribution in [-0.2, 0) is 0 Å². The predicted molar refractivity (Wildman–Crippen MR) is 115 cm³/mol. The van der Waals surface area contributed by atoms with E-state index in [1.807, 2.05) is 35.7 Å². The van der Waals surface area contributed by atoms with Crippen LogP contribution in [0.1, 0.15) is 20.0 Å². The molecule has 4 aromatic rings. The zero-order valence-electron chi connectivity index (χ0n) is 15.0. The zero-order chi connectivity index (χ0) is 20.2. The van der Waals surface area contributed by atoms with Crippen molar-refractivity contribution in [3.8, 4) is 5.69 Å². The number of rotatable bonds is 5. The normalized spacial score (nSPS) is 10.5. The quantitative estimate of drug-likeness (QED) is 0.470. The van der Waals surface area contributed by atoms with Gasteiger partial charge in [0.2, 0.25) is 0 Å². The summed E-state index contributed by atoms with van der Waals surface area (Å²) in [6.07, 6.45) is 1.43. The number of carbonyl (C=O) groups excluding carboxylic acids is 2. The first kappa shape index (κ1) is 18.9. The molecule has 2 aromatic carbocycles. The molecule has 6 nitrogen and oxygen atoms in total. The molecule has 144 valence electrons. The number of aromatic nitrogens is 2. The molecule has 2 amide bonds. The van der Waals surface area contributed by atoms with Gasteiger partial charge in [-0.1, -0.05) is 35.9 Å². The Balaban J connectivity index is 1.69. The topological polar surface area (TPSA) is 76.0 Å². The minimum atomic E-state index is -0.393. The van der Waals surface area contributed by atoms with Crippen LogP contribution >= 0.6 is 22.9 Å². The van der Waals surface area contributed by atoms with Crippen LogP contribution in [0.3, 0.4) is 0 Å². The lowest BCUT2D eigenvalue weighted by atomic mass is 10.2. The third-order valence-corrected chi connectivity index (χ3v) is 5.21. The van der Waals surface area contributed by atoms with Crippen LogP contribution in [0, 0.1) is 0 Å². The van der Waals surface area contributed by atoms with Gasteiger partial charge in [-0.25, -0.2) is 4.68 Å². The van der Waals surface area contributed by atoms with E-state index in [1.54, 1.807) is 36.4 Å². The molecule has 0 aliphatic heterocycles. The number of anilines is 2. The molecule has 29 heavy (non-hydrogen) atoms. The number of thiophene rings is 1. The first-order valence-electron chi connectivity index (χ1n) is 8.67. The molecule has 2 N–H and O–H groups in total. The maximum Gasteiger partial charge on any atom is 0.266 e. The summed E-state index contributed by atoms with van der Waals surface area (Å²) in [4.78, 5) is 26.1. The third kappa shape index (κ3) is 4.21. The summed E-state index contributed by atoms with van der Waals surface area (Å²) in [7, 11) is 0. The van der Waals surface area contributed by atoms with Crippen LogP contribution in [0.2, 0.25) is 5.02 Å². The lowest BCUT2D eigenvalue weighted by Gasteiger charge is -2.11. The zero-order valence-corrected chi connectivity index (χ0v) is 16.6. The Morgan fingerprint density at radius 3 is 2.34 bits per heavy atom. The summed E-state index contributed by atoms with van der Waals surface area (Å²) < 4.78 is 1.53. The van der Waals surface area contributed by atoms with Crippen LogP contribution in [0.25, 0.3) is 5.69 Å². The van der Waals surface area contributed by atoms with Gasteiger partial charge in [-0.2, -0.15) is 5.10 Å². The van der Waals surface area contributed by atoms with Gasteiger partial charge in [-0.3, -0.25) is 9.59 Å². The van der Waals surface area contributed by atoms with Crippen molar-refractivity contribution in [1.82, 2.24) is 9.78 Å². The van der Waals surface area contributed by atoms with Crippen LogP contribution < -0.4 is 10.6 Å². The highest BCUT2D eigenvalue weighted by molar-refractivity contribution is 7.12. The van der Waals surface area contributed by atoms with E-state index in [4.69, 9.17) is 11.6 Å². The number of benzene rings is 2. The van der Waals surface area contributed by atoms with Crippen molar-refractivity contribution < 1.29 is 9.59 Å². The molecule has 0 atom stereocenters. The summed E-state index contributed by atoms with van der Waals surface area (Å²) in [6.45, 7) is 0. The van der Waals surface area contributed by atoms with Crippen molar-refractivity contribution in [1.29, 1.82) is 0 Å². The molecule has 0 spiro atoms. The maximum atomic E-state index is 12.9. The monoisotopic (exact) mass is 422 g/mol.